The van der Waals surface area contributed by atoms with Gasteiger partial charge in [-0.15, -0.1) is 0 Å². The highest BCUT2D eigenvalue weighted by molar-refractivity contribution is 7.86. The maximum atomic E-state index is 10.3. The average molecular weight is 1160 g/mol. The number of nitrogen functional groups attached to an aromatic ring is 2. The lowest BCUT2D eigenvalue weighted by Crippen LogP contribution is -2.43. The van der Waals surface area contributed by atoms with E-state index in [1.807, 2.05) is 0 Å². The number of anilines is 2. The van der Waals surface area contributed by atoms with Crippen LogP contribution in [0.4, 0.5) is 34.1 Å². The van der Waals surface area contributed by atoms with E-state index in [1.165, 1.54) is 97.1 Å². The lowest BCUT2D eigenvalue weighted by atomic mass is 10.3. The van der Waals surface area contributed by atoms with E-state index in [0.29, 0.717) is 52.9 Å². The van der Waals surface area contributed by atoms with Gasteiger partial charge in [-0.3, -0.25) is 0 Å². The van der Waals surface area contributed by atoms with Gasteiger partial charge in [0.25, 0.3) is 0 Å². The van der Waals surface area contributed by atoms with E-state index in [1.54, 1.807) is 60.7 Å². The molecule has 0 radical (unpaired) electrons. The number of hydrogen-bond acceptors (Lipinski definition) is 14. The first-order valence-electron chi connectivity index (χ1n) is 18.5. The molecule has 7 aromatic rings. The van der Waals surface area contributed by atoms with E-state index in [-0.39, 0.29) is 19.6 Å². The number of hydrogen-bond donors (Lipinski definition) is 6. The maximum Gasteiger partial charge on any atom is 0.148 e. The van der Waals surface area contributed by atoms with E-state index in [9.17, 15) is 51.9 Å². The molecule has 0 atom stereocenters. The first-order chi connectivity index (χ1) is 32.2. The molecule has 0 aliphatic carbocycles. The Bertz CT molecular complexity index is 2680. The summed E-state index contributed by atoms with van der Waals surface area (Å²) in [7, 11) is -17.0. The van der Waals surface area contributed by atoms with Crippen molar-refractivity contribution in [1.82, 2.24) is 0 Å². The van der Waals surface area contributed by atoms with Crippen molar-refractivity contribution in [3.05, 3.63) is 188 Å². The summed E-state index contributed by atoms with van der Waals surface area (Å²) in [6.45, 7) is 0. The van der Waals surface area contributed by atoms with Crippen LogP contribution in [0.25, 0.3) is 0 Å². The fraction of sp³-hybridized carbons (Fsp3) is 0. The third kappa shape index (κ3) is 25.0. The molecule has 0 saturated heterocycles. The topological polar surface area (TPSA) is 391 Å². The standard InChI is InChI=1S/3C6H6Cl2N2.4C6H6O3S/c3*7-3-1-5(9)4(8)2-6(3)10;4*7-10(8,9)6-4-2-1-3-5-6/h3*1-2H,9-10H2;4*1-5H,(H,7,8,9). The molecule has 7 aromatic carbocycles. The van der Waals surface area contributed by atoms with Crippen LogP contribution in [0.2, 0.25) is 30.1 Å². The minimum absolute atomic E-state index is 0.185. The molecule has 18 nitrogen and oxygen atoms in total. The van der Waals surface area contributed by atoms with Gasteiger partial charge in [-0.25, -0.2) is 33.7 Å². The third-order valence-electron chi connectivity index (χ3n) is 7.67. The number of nitrogens with two attached hydrogens (primary N) is 2. The second kappa shape index (κ2) is 29.6. The average Bonchev–Trinajstić information content (AvgIpc) is 3.29. The van der Waals surface area contributed by atoms with Crippen LogP contribution in [-0.2, 0) is 40.5 Å². The molecule has 0 aliphatic heterocycles. The van der Waals surface area contributed by atoms with Crippen molar-refractivity contribution in [1.29, 1.82) is 0 Å². The van der Waals surface area contributed by atoms with Gasteiger partial charge < -0.3 is 52.6 Å². The van der Waals surface area contributed by atoms with Gasteiger partial charge in [0.15, 0.2) is 0 Å². The largest absolute Gasteiger partial charge is 0.744 e. The van der Waals surface area contributed by atoms with E-state index in [2.05, 4.69) is 22.9 Å². The summed E-state index contributed by atoms with van der Waals surface area (Å²) in [6.07, 6.45) is 0. The van der Waals surface area contributed by atoms with E-state index >= 15 is 0 Å². The van der Waals surface area contributed by atoms with Crippen LogP contribution >= 0.6 is 69.6 Å². The van der Waals surface area contributed by atoms with E-state index < -0.39 is 40.5 Å². The van der Waals surface area contributed by atoms with Crippen molar-refractivity contribution < 1.29 is 74.8 Å². The van der Waals surface area contributed by atoms with Crippen LogP contribution < -0.4 is 34.4 Å². The Labute approximate surface area is 434 Å². The molecule has 70 heavy (non-hydrogen) atoms. The van der Waals surface area contributed by atoms with Gasteiger partial charge in [0.1, 0.15) is 83.3 Å². The van der Waals surface area contributed by atoms with Crippen molar-refractivity contribution in [2.75, 3.05) is 11.5 Å². The number of quaternary nitrogens is 4. The highest BCUT2D eigenvalue weighted by Crippen LogP contribution is 2.29. The van der Waals surface area contributed by atoms with Gasteiger partial charge in [-0.1, -0.05) is 142 Å². The Morgan fingerprint density at radius 1 is 0.300 bits per heavy atom. The summed E-state index contributed by atoms with van der Waals surface area (Å²) >= 11 is 34.1. The Hall–Kier alpha value is -4.64. The second-order valence-electron chi connectivity index (χ2n) is 13.0. The van der Waals surface area contributed by atoms with Gasteiger partial charge in [0, 0.05) is 24.3 Å². The molecule has 0 unspecified atom stereocenters. The highest BCUT2D eigenvalue weighted by atomic mass is 35.5. The van der Waals surface area contributed by atoms with Gasteiger partial charge >= 0.3 is 0 Å². The zero-order valence-electron chi connectivity index (χ0n) is 35.8. The Morgan fingerprint density at radius 3 is 0.600 bits per heavy atom. The molecular weight excluding hydrogens is 1120 g/mol. The lowest BCUT2D eigenvalue weighted by Gasteiger charge is -2.04. The van der Waals surface area contributed by atoms with Crippen molar-refractivity contribution in [3.8, 4) is 0 Å². The van der Waals surface area contributed by atoms with Gasteiger partial charge in [0.2, 0.25) is 0 Å². The van der Waals surface area contributed by atoms with Crippen LogP contribution in [0.3, 0.4) is 0 Å². The third-order valence-corrected chi connectivity index (χ3v) is 13.1. The van der Waals surface area contributed by atoms with Crippen molar-refractivity contribution in [3.63, 3.8) is 0 Å². The van der Waals surface area contributed by atoms with Crippen molar-refractivity contribution >= 4 is 144 Å². The monoisotopic (exact) mass is 1160 g/mol. The molecule has 378 valence electrons. The van der Waals surface area contributed by atoms with E-state index in [4.69, 9.17) is 81.1 Å². The van der Waals surface area contributed by atoms with Crippen LogP contribution in [0.1, 0.15) is 0 Å². The summed E-state index contributed by atoms with van der Waals surface area (Å²) in [6, 6.07) is 38.6. The minimum Gasteiger partial charge on any atom is -0.744 e. The molecule has 0 heterocycles. The molecule has 0 aliphatic rings. The van der Waals surface area contributed by atoms with Crippen LogP contribution in [-0.4, -0.2) is 51.9 Å². The van der Waals surface area contributed by atoms with Crippen LogP contribution in [0.15, 0.2) is 177 Å². The molecule has 0 fully saturated rings. The Kier molecular flexibility index (Phi) is 26.8. The number of rotatable bonds is 4. The summed E-state index contributed by atoms with van der Waals surface area (Å²) in [5, 5.41) is 3.29. The molecular formula is C42H42Cl6N6O12S4. The molecule has 0 saturated carbocycles. The molecule has 0 bridgehead atoms. The molecule has 0 aromatic heterocycles. The zero-order chi connectivity index (χ0) is 53.6. The zero-order valence-corrected chi connectivity index (χ0v) is 43.6. The van der Waals surface area contributed by atoms with Crippen molar-refractivity contribution in [2.45, 2.75) is 19.6 Å². The maximum absolute atomic E-state index is 10.3. The first kappa shape index (κ1) is 63.4. The molecule has 0 spiro atoms. The predicted octanol–water partition coefficient (Wildman–Crippen LogP) is 6.00. The Morgan fingerprint density at radius 2 is 0.457 bits per heavy atom. The van der Waals surface area contributed by atoms with Crippen molar-refractivity contribution in [2.24, 2.45) is 0 Å². The molecule has 7 rings (SSSR count). The molecule has 16 N–H and O–H groups in total. The fourth-order valence-corrected chi connectivity index (χ4v) is 7.24. The summed E-state index contributed by atoms with van der Waals surface area (Å²) < 4.78 is 123. The first-order valence-corrected chi connectivity index (χ1v) is 26.4. The fourth-order valence-electron chi connectivity index (χ4n) is 4.18. The van der Waals surface area contributed by atoms with Gasteiger partial charge in [0.05, 0.1) is 41.0 Å². The van der Waals surface area contributed by atoms with Gasteiger partial charge in [-0.2, -0.15) is 0 Å². The highest BCUT2D eigenvalue weighted by Gasteiger charge is 2.07. The summed E-state index contributed by atoms with van der Waals surface area (Å²) in [5.41, 5.74) is 29.4. The van der Waals surface area contributed by atoms with Gasteiger partial charge in [-0.05, 0) is 60.7 Å². The Balaban J connectivity index is 0.000000408. The molecule has 0 amide bonds. The predicted molar refractivity (Wildman–Crippen MR) is 266 cm³/mol. The smallest absolute Gasteiger partial charge is 0.148 e. The SMILES string of the molecule is Nc1cc(Cl)c([NH3+])cc1Cl.Nc1cc(Cl)c([NH3+])cc1Cl.O=S(=O)([O-])c1ccccc1.O=S(=O)([O-])c1ccccc1.O=S(=O)([O-])c1ccccc1.O=S(=O)([O-])c1ccccc1.[NH3+]c1cc(Cl)c([NH3+])cc1Cl. The quantitative estimate of drug-likeness (QED) is 0.0870. The van der Waals surface area contributed by atoms with Crippen LogP contribution in [0, 0.1) is 0 Å². The molecule has 28 heteroatoms. The second-order valence-corrected chi connectivity index (χ2v) is 21.0. The lowest BCUT2D eigenvalue weighted by molar-refractivity contribution is -0.260. The number of halogens is 6. The normalized spacial score (nSPS) is 10.7. The minimum atomic E-state index is -4.25. The van der Waals surface area contributed by atoms with Crippen LogP contribution in [0.5, 0.6) is 0 Å². The summed E-state index contributed by atoms with van der Waals surface area (Å²) in [4.78, 5) is -0.741. The summed E-state index contributed by atoms with van der Waals surface area (Å²) in [5.74, 6) is 0. The number of benzene rings is 7. The van der Waals surface area contributed by atoms with E-state index in [0.717, 1.165) is 11.4 Å².